The van der Waals surface area contributed by atoms with Crippen LogP contribution in [0.3, 0.4) is 0 Å². The molecule has 0 aliphatic carbocycles. The van der Waals surface area contributed by atoms with E-state index in [9.17, 15) is 4.79 Å². The van der Waals surface area contributed by atoms with Crippen LogP contribution in [0.25, 0.3) is 0 Å². The standard InChI is InChI=1S/C14H21N5OS/c1-6-15-8(2)11-7-21-14(16-11)17-13(20)12-9(3)18-19(5)10(12)4/h7-8,15H,6H2,1-5H3,(H,16,17,20). The predicted molar refractivity (Wildman–Crippen MR) is 84.8 cm³/mol. The van der Waals surface area contributed by atoms with E-state index in [4.69, 9.17) is 0 Å². The summed E-state index contributed by atoms with van der Waals surface area (Å²) in [4.78, 5) is 16.8. The predicted octanol–water partition coefficient (Wildman–Crippen LogP) is 2.42. The molecule has 0 aliphatic heterocycles. The van der Waals surface area contributed by atoms with Crippen LogP contribution in [0.1, 0.15) is 47.3 Å². The molecule has 6 nitrogen and oxygen atoms in total. The highest BCUT2D eigenvalue weighted by molar-refractivity contribution is 7.14. The monoisotopic (exact) mass is 307 g/mol. The molecule has 0 aliphatic rings. The van der Waals surface area contributed by atoms with Gasteiger partial charge in [-0.05, 0) is 27.3 Å². The molecular weight excluding hydrogens is 286 g/mol. The van der Waals surface area contributed by atoms with E-state index in [1.165, 1.54) is 11.3 Å². The summed E-state index contributed by atoms with van der Waals surface area (Å²) in [7, 11) is 1.83. The van der Waals surface area contributed by atoms with Gasteiger partial charge in [0.25, 0.3) is 5.91 Å². The van der Waals surface area contributed by atoms with Gasteiger partial charge in [0.1, 0.15) is 0 Å². The number of thiazole rings is 1. The summed E-state index contributed by atoms with van der Waals surface area (Å²) in [5.41, 5.74) is 3.14. The van der Waals surface area contributed by atoms with Crippen molar-refractivity contribution in [3.8, 4) is 0 Å². The van der Waals surface area contributed by atoms with E-state index in [0.717, 1.165) is 23.6 Å². The smallest absolute Gasteiger partial charge is 0.261 e. The highest BCUT2D eigenvalue weighted by atomic mass is 32.1. The lowest BCUT2D eigenvalue weighted by molar-refractivity contribution is 0.102. The molecule has 1 atom stereocenters. The Hall–Kier alpha value is -1.73. The highest BCUT2D eigenvalue weighted by Crippen LogP contribution is 2.22. The van der Waals surface area contributed by atoms with Gasteiger partial charge in [0.2, 0.25) is 0 Å². The van der Waals surface area contributed by atoms with E-state index < -0.39 is 0 Å². The number of rotatable bonds is 5. The van der Waals surface area contributed by atoms with Crippen molar-refractivity contribution in [2.75, 3.05) is 11.9 Å². The average Bonchev–Trinajstić information content (AvgIpc) is 2.96. The molecule has 0 spiro atoms. The van der Waals surface area contributed by atoms with Crippen LogP contribution < -0.4 is 10.6 Å². The van der Waals surface area contributed by atoms with Gasteiger partial charge >= 0.3 is 0 Å². The Morgan fingerprint density at radius 1 is 1.48 bits per heavy atom. The van der Waals surface area contributed by atoms with E-state index in [0.29, 0.717) is 10.7 Å². The zero-order valence-corrected chi connectivity index (χ0v) is 13.8. The maximum Gasteiger partial charge on any atom is 0.261 e. The van der Waals surface area contributed by atoms with Crippen molar-refractivity contribution in [3.63, 3.8) is 0 Å². The summed E-state index contributed by atoms with van der Waals surface area (Å²) in [5.74, 6) is -0.157. The van der Waals surface area contributed by atoms with Gasteiger partial charge in [-0.3, -0.25) is 14.8 Å². The fourth-order valence-corrected chi connectivity index (χ4v) is 3.01. The molecule has 0 fully saturated rings. The molecule has 2 heterocycles. The summed E-state index contributed by atoms with van der Waals surface area (Å²) in [5, 5.41) is 13.0. The largest absolute Gasteiger partial charge is 0.309 e. The van der Waals surface area contributed by atoms with Crippen LogP contribution in [0.15, 0.2) is 5.38 Å². The van der Waals surface area contributed by atoms with Crippen molar-refractivity contribution in [1.82, 2.24) is 20.1 Å². The quantitative estimate of drug-likeness (QED) is 0.890. The maximum absolute atomic E-state index is 12.4. The summed E-state index contributed by atoms with van der Waals surface area (Å²) in [6.07, 6.45) is 0. The topological polar surface area (TPSA) is 71.8 Å². The number of hydrogen-bond acceptors (Lipinski definition) is 5. The van der Waals surface area contributed by atoms with Crippen molar-refractivity contribution in [1.29, 1.82) is 0 Å². The zero-order chi connectivity index (χ0) is 15.6. The number of amides is 1. The first-order valence-electron chi connectivity index (χ1n) is 6.94. The third kappa shape index (κ3) is 3.30. The Labute approximate surface area is 128 Å². The van der Waals surface area contributed by atoms with E-state index in [1.807, 2.05) is 26.3 Å². The summed E-state index contributed by atoms with van der Waals surface area (Å²) >= 11 is 1.43. The van der Waals surface area contributed by atoms with Crippen molar-refractivity contribution < 1.29 is 4.79 Å². The number of aryl methyl sites for hydroxylation is 2. The molecule has 0 aromatic carbocycles. The molecule has 1 amide bonds. The number of nitrogens with zero attached hydrogens (tertiary/aromatic N) is 3. The maximum atomic E-state index is 12.4. The highest BCUT2D eigenvalue weighted by Gasteiger charge is 2.19. The molecule has 7 heteroatoms. The van der Waals surface area contributed by atoms with Crippen LogP contribution in [0, 0.1) is 13.8 Å². The molecular formula is C14H21N5OS. The third-order valence-electron chi connectivity index (χ3n) is 3.43. The summed E-state index contributed by atoms with van der Waals surface area (Å²) in [6.45, 7) is 8.71. The first kappa shape index (κ1) is 15.7. The van der Waals surface area contributed by atoms with E-state index in [2.05, 4.69) is 34.6 Å². The number of nitrogens with one attached hydrogen (secondary N) is 2. The zero-order valence-electron chi connectivity index (χ0n) is 13.0. The normalized spacial score (nSPS) is 12.4. The Balaban J connectivity index is 2.13. The third-order valence-corrected chi connectivity index (χ3v) is 4.21. The van der Waals surface area contributed by atoms with Crippen molar-refractivity contribution in [2.45, 2.75) is 33.7 Å². The molecule has 114 valence electrons. The van der Waals surface area contributed by atoms with Crippen molar-refractivity contribution in [2.24, 2.45) is 7.05 Å². The molecule has 2 aromatic rings. The molecule has 0 saturated carbocycles. The number of carbonyl (C=O) groups excluding carboxylic acids is 1. The van der Waals surface area contributed by atoms with E-state index in [-0.39, 0.29) is 11.9 Å². The average molecular weight is 307 g/mol. The molecule has 2 aromatic heterocycles. The van der Waals surface area contributed by atoms with Gasteiger partial charge in [0, 0.05) is 24.2 Å². The van der Waals surface area contributed by atoms with E-state index >= 15 is 0 Å². The minimum absolute atomic E-state index is 0.157. The molecule has 2 rings (SSSR count). The van der Waals surface area contributed by atoms with Crippen LogP contribution in [-0.2, 0) is 7.05 Å². The second-order valence-electron chi connectivity index (χ2n) is 4.98. The fraction of sp³-hybridized carbons (Fsp3) is 0.500. The van der Waals surface area contributed by atoms with E-state index in [1.54, 1.807) is 4.68 Å². The lowest BCUT2D eigenvalue weighted by Gasteiger charge is -2.08. The Morgan fingerprint density at radius 2 is 2.19 bits per heavy atom. The molecule has 0 bridgehead atoms. The number of hydrogen-bond donors (Lipinski definition) is 2. The van der Waals surface area contributed by atoms with Gasteiger partial charge in [-0.1, -0.05) is 6.92 Å². The Bertz CT molecular complexity index is 646. The van der Waals surface area contributed by atoms with Gasteiger partial charge < -0.3 is 5.32 Å². The van der Waals surface area contributed by atoms with Crippen LogP contribution in [-0.4, -0.2) is 27.2 Å². The summed E-state index contributed by atoms with van der Waals surface area (Å²) < 4.78 is 1.71. The SMILES string of the molecule is CCNC(C)c1csc(NC(=O)c2c(C)nn(C)c2C)n1. The Kier molecular flexibility index (Phi) is 4.74. The minimum atomic E-state index is -0.157. The van der Waals surface area contributed by atoms with Crippen molar-refractivity contribution >= 4 is 22.4 Å². The van der Waals surface area contributed by atoms with Crippen LogP contribution in [0.4, 0.5) is 5.13 Å². The van der Waals surface area contributed by atoms with Gasteiger partial charge in [-0.25, -0.2) is 4.98 Å². The summed E-state index contributed by atoms with van der Waals surface area (Å²) in [6, 6.07) is 0.179. The van der Waals surface area contributed by atoms with Crippen LogP contribution in [0.2, 0.25) is 0 Å². The second-order valence-corrected chi connectivity index (χ2v) is 5.84. The van der Waals surface area contributed by atoms with Crippen LogP contribution in [0.5, 0.6) is 0 Å². The fourth-order valence-electron chi connectivity index (χ4n) is 2.22. The molecule has 21 heavy (non-hydrogen) atoms. The number of carbonyl (C=O) groups is 1. The molecule has 0 radical (unpaired) electrons. The van der Waals surface area contributed by atoms with Gasteiger partial charge in [-0.2, -0.15) is 5.10 Å². The molecule has 1 unspecified atom stereocenters. The molecule has 2 N–H and O–H groups in total. The van der Waals surface area contributed by atoms with Crippen molar-refractivity contribution in [3.05, 3.63) is 28.0 Å². The number of anilines is 1. The second kappa shape index (κ2) is 6.36. The lowest BCUT2D eigenvalue weighted by Crippen LogP contribution is -2.18. The lowest BCUT2D eigenvalue weighted by atomic mass is 10.2. The molecule has 0 saturated heterocycles. The minimum Gasteiger partial charge on any atom is -0.309 e. The Morgan fingerprint density at radius 3 is 2.76 bits per heavy atom. The number of aromatic nitrogens is 3. The van der Waals surface area contributed by atoms with Gasteiger partial charge in [-0.15, -0.1) is 11.3 Å². The first-order valence-corrected chi connectivity index (χ1v) is 7.82. The first-order chi connectivity index (χ1) is 9.93. The van der Waals surface area contributed by atoms with Gasteiger partial charge in [0.15, 0.2) is 5.13 Å². The van der Waals surface area contributed by atoms with Crippen LogP contribution >= 0.6 is 11.3 Å². The van der Waals surface area contributed by atoms with Gasteiger partial charge in [0.05, 0.1) is 17.0 Å².